The number of nitrogens with one attached hydrogen (secondary N) is 2. The maximum absolute atomic E-state index is 14.0. The second kappa shape index (κ2) is 8.50. The van der Waals surface area contributed by atoms with Gasteiger partial charge in [0.1, 0.15) is 17.3 Å². The number of hydrogen-bond acceptors (Lipinski definition) is 5. The zero-order valence-electron chi connectivity index (χ0n) is 16.3. The number of anilines is 2. The van der Waals surface area contributed by atoms with Gasteiger partial charge in [0.2, 0.25) is 5.91 Å². The summed E-state index contributed by atoms with van der Waals surface area (Å²) in [6.07, 6.45) is 1.39. The lowest BCUT2D eigenvalue weighted by Crippen LogP contribution is -2.55. The molecule has 3 rings (SSSR count). The fourth-order valence-electron chi connectivity index (χ4n) is 3.22. The molecule has 9 heteroatoms. The lowest BCUT2D eigenvalue weighted by Gasteiger charge is -2.39. The number of aryl methyl sites for hydroxylation is 1. The molecule has 0 spiro atoms. The Bertz CT molecular complexity index is 892. The fourth-order valence-corrected chi connectivity index (χ4v) is 3.22. The summed E-state index contributed by atoms with van der Waals surface area (Å²) in [5.74, 6) is -2.89. The lowest BCUT2D eigenvalue weighted by atomic mass is 9.98. The Balaban J connectivity index is 1.85. The van der Waals surface area contributed by atoms with Gasteiger partial charge in [0.25, 0.3) is 11.8 Å². The molecule has 1 aliphatic rings. The minimum atomic E-state index is -2.97. The summed E-state index contributed by atoms with van der Waals surface area (Å²) in [4.78, 5) is 34.0. The van der Waals surface area contributed by atoms with Gasteiger partial charge in [-0.2, -0.15) is 0 Å². The first-order valence-electron chi connectivity index (χ1n) is 9.34. The first-order chi connectivity index (χ1) is 13.7. The third-order valence-corrected chi connectivity index (χ3v) is 4.75. The van der Waals surface area contributed by atoms with Gasteiger partial charge in [0.05, 0.1) is 6.54 Å². The van der Waals surface area contributed by atoms with Gasteiger partial charge in [0.15, 0.2) is 0 Å². The molecule has 0 bridgehead atoms. The molecule has 2 aromatic rings. The van der Waals surface area contributed by atoms with Crippen molar-refractivity contribution < 1.29 is 18.4 Å². The van der Waals surface area contributed by atoms with Crippen molar-refractivity contribution in [2.45, 2.75) is 38.7 Å². The van der Waals surface area contributed by atoms with Crippen LogP contribution in [0.2, 0.25) is 0 Å². The van der Waals surface area contributed by atoms with Gasteiger partial charge in [-0.1, -0.05) is 12.1 Å². The maximum atomic E-state index is 14.0. The van der Waals surface area contributed by atoms with Crippen LogP contribution in [0.4, 0.5) is 20.4 Å². The van der Waals surface area contributed by atoms with Gasteiger partial charge in [-0.25, -0.2) is 18.7 Å². The number of amides is 2. The van der Waals surface area contributed by atoms with Gasteiger partial charge in [-0.05, 0) is 37.1 Å². The molecule has 0 radical (unpaired) electrons. The number of alkyl halides is 2. The predicted octanol–water partition coefficient (Wildman–Crippen LogP) is 2.90. The molecular weight excluding hydrogens is 380 g/mol. The third kappa shape index (κ3) is 5.24. The molecular formula is C20H23F2N5O2. The van der Waals surface area contributed by atoms with E-state index in [9.17, 15) is 18.4 Å². The summed E-state index contributed by atoms with van der Waals surface area (Å²) in [6, 6.07) is 8.21. The molecule has 3 heterocycles. The van der Waals surface area contributed by atoms with Gasteiger partial charge in [0, 0.05) is 32.1 Å². The molecule has 29 heavy (non-hydrogen) atoms. The summed E-state index contributed by atoms with van der Waals surface area (Å²) in [5.41, 5.74) is 0.671. The van der Waals surface area contributed by atoms with Crippen LogP contribution in [0.25, 0.3) is 0 Å². The predicted molar refractivity (Wildman–Crippen MR) is 104 cm³/mol. The van der Waals surface area contributed by atoms with E-state index >= 15 is 0 Å². The zero-order chi connectivity index (χ0) is 21.0. The molecule has 154 valence electrons. The number of rotatable bonds is 5. The minimum Gasteiger partial charge on any atom is -0.354 e. The highest BCUT2D eigenvalue weighted by molar-refractivity contribution is 5.94. The number of pyridine rings is 2. The van der Waals surface area contributed by atoms with E-state index in [1.54, 1.807) is 43.5 Å². The Morgan fingerprint density at radius 1 is 1.24 bits per heavy atom. The number of halogens is 2. The van der Waals surface area contributed by atoms with E-state index in [0.717, 1.165) is 4.90 Å². The molecule has 1 saturated heterocycles. The summed E-state index contributed by atoms with van der Waals surface area (Å²) in [6.45, 7) is 2.48. The van der Waals surface area contributed by atoms with E-state index in [4.69, 9.17) is 0 Å². The van der Waals surface area contributed by atoms with Crippen LogP contribution in [0.3, 0.4) is 0 Å². The van der Waals surface area contributed by atoms with Crippen molar-refractivity contribution in [3.63, 3.8) is 0 Å². The summed E-state index contributed by atoms with van der Waals surface area (Å²) >= 11 is 0. The minimum absolute atomic E-state index is 0.0939. The second-order valence-corrected chi connectivity index (χ2v) is 7.12. The number of piperidine rings is 1. The SMILES string of the molecule is CC(=O)NC[C@H]1CCC(F)(F)CN1C(=O)c1nc(Nc2ccccn2)ccc1C. The van der Waals surface area contributed by atoms with Crippen LogP contribution < -0.4 is 10.6 Å². The van der Waals surface area contributed by atoms with Crippen molar-refractivity contribution in [2.75, 3.05) is 18.4 Å². The Morgan fingerprint density at radius 3 is 2.72 bits per heavy atom. The van der Waals surface area contributed by atoms with Crippen molar-refractivity contribution in [1.29, 1.82) is 0 Å². The van der Waals surface area contributed by atoms with Crippen LogP contribution >= 0.6 is 0 Å². The van der Waals surface area contributed by atoms with Crippen LogP contribution in [0, 0.1) is 6.92 Å². The number of likely N-dealkylation sites (tertiary alicyclic amines) is 1. The molecule has 2 aromatic heterocycles. The number of carbonyl (C=O) groups excluding carboxylic acids is 2. The molecule has 2 N–H and O–H groups in total. The molecule has 1 aliphatic heterocycles. The molecule has 0 unspecified atom stereocenters. The monoisotopic (exact) mass is 403 g/mol. The highest BCUT2D eigenvalue weighted by Crippen LogP contribution is 2.31. The standard InChI is InChI=1S/C20H23F2N5O2/c1-13-6-7-17(25-16-5-3-4-10-23-16)26-18(13)19(29)27-12-20(21,22)9-8-15(27)11-24-14(2)28/h3-7,10,15H,8-9,11-12H2,1-2H3,(H,24,28)(H,23,25,26)/t15-/m1/s1. The lowest BCUT2D eigenvalue weighted by molar-refractivity contribution is -0.119. The first-order valence-corrected chi connectivity index (χ1v) is 9.34. The smallest absolute Gasteiger partial charge is 0.273 e. The van der Waals surface area contributed by atoms with E-state index < -0.39 is 24.4 Å². The number of nitrogens with zero attached hydrogens (tertiary/aromatic N) is 3. The normalized spacial score (nSPS) is 18.2. The number of aromatic nitrogens is 2. The molecule has 0 aliphatic carbocycles. The van der Waals surface area contributed by atoms with Crippen LogP contribution in [0.1, 0.15) is 35.8 Å². The quantitative estimate of drug-likeness (QED) is 0.802. The fraction of sp³-hybridized carbons (Fsp3) is 0.400. The van der Waals surface area contributed by atoms with Crippen molar-refractivity contribution in [3.8, 4) is 0 Å². The highest BCUT2D eigenvalue weighted by Gasteiger charge is 2.42. The van der Waals surface area contributed by atoms with E-state index in [-0.39, 0.29) is 31.0 Å². The third-order valence-electron chi connectivity index (χ3n) is 4.75. The van der Waals surface area contributed by atoms with E-state index in [0.29, 0.717) is 17.2 Å². The summed E-state index contributed by atoms with van der Waals surface area (Å²) < 4.78 is 28.1. The summed E-state index contributed by atoms with van der Waals surface area (Å²) in [7, 11) is 0. The number of hydrogen-bond donors (Lipinski definition) is 2. The maximum Gasteiger partial charge on any atom is 0.273 e. The van der Waals surface area contributed by atoms with Crippen molar-refractivity contribution in [1.82, 2.24) is 20.2 Å². The molecule has 1 fully saturated rings. The number of carbonyl (C=O) groups is 2. The molecule has 0 aromatic carbocycles. The zero-order valence-corrected chi connectivity index (χ0v) is 16.3. The largest absolute Gasteiger partial charge is 0.354 e. The van der Waals surface area contributed by atoms with Crippen LogP contribution in [0.15, 0.2) is 36.5 Å². The van der Waals surface area contributed by atoms with Crippen LogP contribution in [0.5, 0.6) is 0 Å². The van der Waals surface area contributed by atoms with Crippen molar-refractivity contribution in [2.24, 2.45) is 0 Å². The highest BCUT2D eigenvalue weighted by atomic mass is 19.3. The van der Waals surface area contributed by atoms with Crippen LogP contribution in [-0.4, -0.2) is 51.7 Å². The van der Waals surface area contributed by atoms with E-state index in [2.05, 4.69) is 20.6 Å². The molecule has 7 nitrogen and oxygen atoms in total. The van der Waals surface area contributed by atoms with Crippen molar-refractivity contribution in [3.05, 3.63) is 47.8 Å². The van der Waals surface area contributed by atoms with E-state index in [1.807, 2.05) is 0 Å². The Labute approximate surface area is 167 Å². The average Bonchev–Trinajstić information content (AvgIpc) is 2.68. The van der Waals surface area contributed by atoms with Gasteiger partial charge in [-0.3, -0.25) is 9.59 Å². The van der Waals surface area contributed by atoms with Crippen LogP contribution in [-0.2, 0) is 4.79 Å². The molecule has 2 amide bonds. The Morgan fingerprint density at radius 2 is 2.03 bits per heavy atom. The first kappa shape index (κ1) is 20.6. The summed E-state index contributed by atoms with van der Waals surface area (Å²) in [5, 5.41) is 5.62. The molecule has 0 saturated carbocycles. The van der Waals surface area contributed by atoms with Gasteiger partial charge >= 0.3 is 0 Å². The Kier molecular flexibility index (Phi) is 6.05. The van der Waals surface area contributed by atoms with E-state index in [1.165, 1.54) is 6.92 Å². The topological polar surface area (TPSA) is 87.2 Å². The Hall–Kier alpha value is -3.10. The van der Waals surface area contributed by atoms with Gasteiger partial charge in [-0.15, -0.1) is 0 Å². The average molecular weight is 403 g/mol. The molecule has 1 atom stereocenters. The second-order valence-electron chi connectivity index (χ2n) is 7.12. The van der Waals surface area contributed by atoms with Crippen molar-refractivity contribution >= 4 is 23.5 Å². The van der Waals surface area contributed by atoms with Gasteiger partial charge < -0.3 is 15.5 Å².